The fraction of sp³-hybridized carbons (Fsp3) is 0.750. The van der Waals surface area contributed by atoms with Crippen LogP contribution in [0, 0.1) is 13.8 Å². The number of likely N-dealkylation sites (N-methyl/N-ethyl adjacent to an activating group) is 1. The Labute approximate surface area is 133 Å². The average molecular weight is 306 g/mol. The molecule has 3 N–H and O–H groups in total. The van der Waals surface area contributed by atoms with Crippen LogP contribution in [-0.2, 0) is 6.54 Å². The molecule has 1 aromatic rings. The Kier molecular flexibility index (Phi) is 6.24. The zero-order valence-corrected chi connectivity index (χ0v) is 14.2. The number of hydrogen-bond donors (Lipinski definition) is 2. The van der Waals surface area contributed by atoms with Gasteiger partial charge < -0.3 is 11.1 Å². The van der Waals surface area contributed by atoms with Crippen molar-refractivity contribution < 1.29 is 0 Å². The van der Waals surface area contributed by atoms with Gasteiger partial charge in [0.2, 0.25) is 0 Å². The lowest BCUT2D eigenvalue weighted by Crippen LogP contribution is -2.36. The van der Waals surface area contributed by atoms with Gasteiger partial charge in [-0.15, -0.1) is 0 Å². The summed E-state index contributed by atoms with van der Waals surface area (Å²) in [5.41, 5.74) is 8.23. The summed E-state index contributed by atoms with van der Waals surface area (Å²) in [6.45, 7) is 11.2. The van der Waals surface area contributed by atoms with Gasteiger partial charge in [0.1, 0.15) is 0 Å². The number of nitrogens with one attached hydrogen (secondary N) is 1. The van der Waals surface area contributed by atoms with Crippen molar-refractivity contribution in [1.29, 1.82) is 0 Å². The Hall–Kier alpha value is -1.56. The zero-order chi connectivity index (χ0) is 15.9. The molecule has 1 atom stereocenters. The van der Waals surface area contributed by atoms with Crippen LogP contribution >= 0.6 is 0 Å². The normalized spacial score (nSPS) is 19.8. The molecule has 0 aromatic carbocycles. The second kappa shape index (κ2) is 8.17. The first-order valence-electron chi connectivity index (χ1n) is 8.39. The second-order valence-corrected chi connectivity index (χ2v) is 6.08. The molecular weight excluding hydrogens is 276 g/mol. The quantitative estimate of drug-likeness (QED) is 0.452. The van der Waals surface area contributed by atoms with E-state index in [2.05, 4.69) is 40.2 Å². The molecule has 1 aliphatic rings. The number of likely N-dealkylation sites (tertiary alicyclic amines) is 1. The van der Waals surface area contributed by atoms with Gasteiger partial charge in [0.05, 0.1) is 12.2 Å². The predicted octanol–water partition coefficient (Wildman–Crippen LogP) is 1.28. The SMILES string of the molecule is CCN1CCCC1CN=C(N)NCCCn1nc(C)cc1C. The minimum atomic E-state index is 0.566. The summed E-state index contributed by atoms with van der Waals surface area (Å²) in [7, 11) is 0. The van der Waals surface area contributed by atoms with Crippen molar-refractivity contribution >= 4 is 5.96 Å². The molecule has 124 valence electrons. The number of rotatable bonds is 7. The summed E-state index contributed by atoms with van der Waals surface area (Å²) in [4.78, 5) is 6.98. The number of nitrogens with two attached hydrogens (primary N) is 1. The topological polar surface area (TPSA) is 71.5 Å². The molecule has 2 rings (SSSR count). The van der Waals surface area contributed by atoms with Gasteiger partial charge in [0.15, 0.2) is 5.96 Å². The van der Waals surface area contributed by atoms with Gasteiger partial charge in [-0.3, -0.25) is 14.6 Å². The summed E-state index contributed by atoms with van der Waals surface area (Å²) >= 11 is 0. The molecule has 1 aromatic heterocycles. The van der Waals surface area contributed by atoms with Crippen LogP contribution in [0.25, 0.3) is 0 Å². The van der Waals surface area contributed by atoms with Crippen molar-refractivity contribution in [3.8, 4) is 0 Å². The second-order valence-electron chi connectivity index (χ2n) is 6.08. The summed E-state index contributed by atoms with van der Waals surface area (Å²) < 4.78 is 2.04. The van der Waals surface area contributed by atoms with E-state index in [-0.39, 0.29) is 0 Å². The molecule has 2 heterocycles. The van der Waals surface area contributed by atoms with Gasteiger partial charge in [-0.1, -0.05) is 6.92 Å². The third-order valence-electron chi connectivity index (χ3n) is 4.33. The van der Waals surface area contributed by atoms with Crippen LogP contribution in [0.4, 0.5) is 0 Å². The van der Waals surface area contributed by atoms with Gasteiger partial charge in [0, 0.05) is 24.8 Å². The Morgan fingerprint density at radius 2 is 2.32 bits per heavy atom. The van der Waals surface area contributed by atoms with E-state index in [0.29, 0.717) is 12.0 Å². The molecule has 1 fully saturated rings. The highest BCUT2D eigenvalue weighted by molar-refractivity contribution is 5.77. The van der Waals surface area contributed by atoms with Gasteiger partial charge in [0.25, 0.3) is 0 Å². The van der Waals surface area contributed by atoms with Crippen molar-refractivity contribution in [3.63, 3.8) is 0 Å². The van der Waals surface area contributed by atoms with Crippen LogP contribution in [-0.4, -0.2) is 52.9 Å². The van der Waals surface area contributed by atoms with Gasteiger partial charge >= 0.3 is 0 Å². The number of nitrogens with zero attached hydrogens (tertiary/aromatic N) is 4. The predicted molar refractivity (Wildman–Crippen MR) is 91.1 cm³/mol. The fourth-order valence-corrected chi connectivity index (χ4v) is 3.12. The van der Waals surface area contributed by atoms with E-state index in [9.17, 15) is 0 Å². The van der Waals surface area contributed by atoms with Crippen LogP contribution in [0.1, 0.15) is 37.6 Å². The molecule has 0 radical (unpaired) electrons. The summed E-state index contributed by atoms with van der Waals surface area (Å²) in [6.07, 6.45) is 3.51. The van der Waals surface area contributed by atoms with E-state index in [1.54, 1.807) is 0 Å². The highest BCUT2D eigenvalue weighted by Gasteiger charge is 2.22. The molecule has 0 bridgehead atoms. The summed E-state index contributed by atoms with van der Waals surface area (Å²) in [6, 6.07) is 2.67. The molecule has 1 unspecified atom stereocenters. The molecule has 0 amide bonds. The van der Waals surface area contributed by atoms with Crippen molar-refractivity contribution in [2.45, 2.75) is 52.6 Å². The number of aliphatic imine (C=N–C) groups is 1. The molecule has 22 heavy (non-hydrogen) atoms. The molecule has 6 heteroatoms. The number of guanidine groups is 1. The Bertz CT molecular complexity index is 493. The van der Waals surface area contributed by atoms with Crippen LogP contribution < -0.4 is 11.1 Å². The summed E-state index contributed by atoms with van der Waals surface area (Å²) in [5, 5.41) is 7.66. The van der Waals surface area contributed by atoms with Crippen LogP contribution in [0.15, 0.2) is 11.1 Å². The maximum atomic E-state index is 5.95. The smallest absolute Gasteiger partial charge is 0.188 e. The highest BCUT2D eigenvalue weighted by atomic mass is 15.3. The van der Waals surface area contributed by atoms with Crippen molar-refractivity contribution in [2.75, 3.05) is 26.2 Å². The van der Waals surface area contributed by atoms with E-state index < -0.39 is 0 Å². The third-order valence-corrected chi connectivity index (χ3v) is 4.33. The first-order chi connectivity index (χ1) is 10.6. The minimum absolute atomic E-state index is 0.566. The fourth-order valence-electron chi connectivity index (χ4n) is 3.12. The molecular formula is C16H30N6. The van der Waals surface area contributed by atoms with Crippen molar-refractivity contribution in [2.24, 2.45) is 10.7 Å². The lowest BCUT2D eigenvalue weighted by Gasteiger charge is -2.20. The molecule has 0 spiro atoms. The van der Waals surface area contributed by atoms with Crippen molar-refractivity contribution in [1.82, 2.24) is 20.0 Å². The largest absolute Gasteiger partial charge is 0.370 e. The molecule has 6 nitrogen and oxygen atoms in total. The van der Waals surface area contributed by atoms with E-state index in [1.807, 2.05) is 11.6 Å². The molecule has 0 saturated carbocycles. The highest BCUT2D eigenvalue weighted by Crippen LogP contribution is 2.16. The summed E-state index contributed by atoms with van der Waals surface area (Å²) in [5.74, 6) is 0.566. The molecule has 0 aliphatic carbocycles. The number of hydrogen-bond acceptors (Lipinski definition) is 3. The van der Waals surface area contributed by atoms with Gasteiger partial charge in [-0.05, 0) is 52.3 Å². The lowest BCUT2D eigenvalue weighted by molar-refractivity contribution is 0.273. The van der Waals surface area contributed by atoms with E-state index in [0.717, 1.165) is 38.3 Å². The van der Waals surface area contributed by atoms with E-state index in [1.165, 1.54) is 25.1 Å². The maximum absolute atomic E-state index is 5.95. The van der Waals surface area contributed by atoms with Gasteiger partial charge in [-0.2, -0.15) is 5.10 Å². The maximum Gasteiger partial charge on any atom is 0.188 e. The van der Waals surface area contributed by atoms with E-state index >= 15 is 0 Å². The van der Waals surface area contributed by atoms with Crippen LogP contribution in [0.5, 0.6) is 0 Å². The average Bonchev–Trinajstić information content (AvgIpc) is 3.07. The minimum Gasteiger partial charge on any atom is -0.370 e. The third kappa shape index (κ3) is 4.73. The number of aryl methyl sites for hydroxylation is 3. The first kappa shape index (κ1) is 16.8. The lowest BCUT2D eigenvalue weighted by atomic mass is 10.2. The number of aromatic nitrogens is 2. The van der Waals surface area contributed by atoms with E-state index in [4.69, 9.17) is 5.73 Å². The monoisotopic (exact) mass is 306 g/mol. The first-order valence-corrected chi connectivity index (χ1v) is 8.39. The Balaban J connectivity index is 1.65. The standard InChI is InChI=1S/C16H30N6/c1-4-21-9-5-7-15(21)12-19-16(17)18-8-6-10-22-14(3)11-13(2)20-22/h11,15H,4-10,12H2,1-3H3,(H3,17,18,19). The molecule has 1 saturated heterocycles. The molecule has 1 aliphatic heterocycles. The zero-order valence-electron chi connectivity index (χ0n) is 14.2. The van der Waals surface area contributed by atoms with Crippen LogP contribution in [0.2, 0.25) is 0 Å². The van der Waals surface area contributed by atoms with Crippen LogP contribution in [0.3, 0.4) is 0 Å². The van der Waals surface area contributed by atoms with Crippen molar-refractivity contribution in [3.05, 3.63) is 17.5 Å². The van der Waals surface area contributed by atoms with Gasteiger partial charge in [-0.25, -0.2) is 0 Å². The Morgan fingerprint density at radius 1 is 1.50 bits per heavy atom. The Morgan fingerprint density at radius 3 is 3.00 bits per heavy atom.